The van der Waals surface area contributed by atoms with E-state index in [9.17, 15) is 14.1 Å². The second-order valence-corrected chi connectivity index (χ2v) is 4.70. The normalized spacial score (nSPS) is 19.0. The van der Waals surface area contributed by atoms with Crippen molar-refractivity contribution in [1.82, 2.24) is 10.6 Å². The molecule has 0 saturated carbocycles. The molecule has 0 spiro atoms. The van der Waals surface area contributed by atoms with Gasteiger partial charge in [0.25, 0.3) is 17.1 Å². The highest BCUT2D eigenvalue weighted by Crippen LogP contribution is 2.09. The van der Waals surface area contributed by atoms with Crippen molar-refractivity contribution in [3.63, 3.8) is 0 Å². The molecule has 9 heteroatoms. The van der Waals surface area contributed by atoms with E-state index in [2.05, 4.69) is 19.4 Å². The lowest BCUT2D eigenvalue weighted by Gasteiger charge is -2.11. The first-order valence-corrected chi connectivity index (χ1v) is 7.53. The number of rotatable bonds is 5. The van der Waals surface area contributed by atoms with Gasteiger partial charge in [-0.05, 0) is 19.9 Å². The number of ether oxygens (including phenoxy) is 1. The van der Waals surface area contributed by atoms with E-state index in [1.165, 1.54) is 13.1 Å². The molecular formula is C13H18N4O4S. The van der Waals surface area contributed by atoms with E-state index in [4.69, 9.17) is 4.74 Å². The molecule has 1 rings (SSSR count). The number of carbonyl (C=O) groups is 1. The number of aliphatic hydroxyl groups is 1. The minimum Gasteiger partial charge on any atom is -0.506 e. The maximum atomic E-state index is 11.4. The summed E-state index contributed by atoms with van der Waals surface area (Å²) in [6.45, 7) is 3.87. The highest BCUT2D eigenvalue weighted by molar-refractivity contribution is 7.83. The zero-order chi connectivity index (χ0) is 16.5. The Morgan fingerprint density at radius 3 is 2.77 bits per heavy atom. The molecule has 1 unspecified atom stereocenters. The lowest BCUT2D eigenvalue weighted by atomic mass is 10.2. The molecule has 0 bridgehead atoms. The molecule has 1 amide bonds. The number of carbonyl (C=O) groups excluding carboxylic acids is 1. The van der Waals surface area contributed by atoms with E-state index < -0.39 is 17.1 Å². The lowest BCUT2D eigenvalue weighted by Crippen LogP contribution is -2.31. The summed E-state index contributed by atoms with van der Waals surface area (Å²) in [6, 6.07) is 0. The van der Waals surface area contributed by atoms with Gasteiger partial charge in [-0.25, -0.2) is 4.21 Å². The fourth-order valence-electron chi connectivity index (χ4n) is 1.34. The first-order valence-electron chi connectivity index (χ1n) is 6.47. The number of nitrogens with one attached hydrogen (secondary N) is 2. The Kier molecular flexibility index (Phi) is 7.03. The van der Waals surface area contributed by atoms with E-state index >= 15 is 0 Å². The van der Waals surface area contributed by atoms with Gasteiger partial charge >= 0.3 is 0 Å². The van der Waals surface area contributed by atoms with Crippen LogP contribution in [0.15, 0.2) is 44.6 Å². The number of allylic oxidation sites excluding steroid dienone is 3. The summed E-state index contributed by atoms with van der Waals surface area (Å²) in [5.41, 5.74) is 0.187. The fraction of sp³-hybridized carbons (Fsp3) is 0.308. The van der Waals surface area contributed by atoms with E-state index in [0.29, 0.717) is 6.61 Å². The van der Waals surface area contributed by atoms with Crippen molar-refractivity contribution in [3.05, 3.63) is 35.8 Å². The van der Waals surface area contributed by atoms with Crippen molar-refractivity contribution in [1.29, 1.82) is 0 Å². The molecule has 1 aliphatic rings. The predicted octanol–water partition coefficient (Wildman–Crippen LogP) is 0.650. The summed E-state index contributed by atoms with van der Waals surface area (Å²) in [5.74, 6) is -0.581. The van der Waals surface area contributed by atoms with E-state index in [1.807, 2.05) is 0 Å². The first kappa shape index (κ1) is 17.6. The van der Waals surface area contributed by atoms with Gasteiger partial charge in [0, 0.05) is 13.1 Å². The van der Waals surface area contributed by atoms with Crippen LogP contribution in [0.25, 0.3) is 0 Å². The Balaban J connectivity index is 3.03. The molecule has 1 aliphatic heterocycles. The molecule has 0 fully saturated rings. The van der Waals surface area contributed by atoms with Crippen molar-refractivity contribution >= 4 is 28.8 Å². The molecule has 3 N–H and O–H groups in total. The summed E-state index contributed by atoms with van der Waals surface area (Å²) in [4.78, 5) is 11.3. The monoisotopic (exact) mass is 326 g/mol. The SMILES string of the molecule is C\C=C/C=C(NC1=NS(=O)N=C1OCC)\C(O)=C\C(=O)NC. The van der Waals surface area contributed by atoms with Crippen LogP contribution >= 0.6 is 0 Å². The molecule has 0 aliphatic carbocycles. The summed E-state index contributed by atoms with van der Waals surface area (Å²) in [5, 5.41) is 15.1. The molecule has 0 aromatic carbocycles. The van der Waals surface area contributed by atoms with Gasteiger partial charge < -0.3 is 20.5 Å². The zero-order valence-corrected chi connectivity index (χ0v) is 13.3. The number of aliphatic hydroxyl groups excluding tert-OH is 1. The average molecular weight is 326 g/mol. The fourth-order valence-corrected chi connectivity index (χ4v) is 1.95. The number of hydrogen-bond acceptors (Lipinski definition) is 5. The van der Waals surface area contributed by atoms with Crippen LogP contribution in [-0.2, 0) is 20.7 Å². The van der Waals surface area contributed by atoms with Gasteiger partial charge in [-0.1, -0.05) is 12.2 Å². The topological polar surface area (TPSA) is 112 Å². The van der Waals surface area contributed by atoms with Gasteiger partial charge in [0.15, 0.2) is 0 Å². The maximum absolute atomic E-state index is 11.4. The van der Waals surface area contributed by atoms with Crippen molar-refractivity contribution in [3.8, 4) is 0 Å². The molecule has 1 heterocycles. The molecule has 0 radical (unpaired) electrons. The molecule has 1 atom stereocenters. The van der Waals surface area contributed by atoms with Crippen LogP contribution < -0.4 is 10.6 Å². The van der Waals surface area contributed by atoms with E-state index in [1.54, 1.807) is 26.0 Å². The molecule has 120 valence electrons. The van der Waals surface area contributed by atoms with Crippen LogP contribution in [0.1, 0.15) is 13.8 Å². The Morgan fingerprint density at radius 1 is 1.45 bits per heavy atom. The van der Waals surface area contributed by atoms with Gasteiger partial charge in [-0.15, -0.1) is 8.80 Å². The van der Waals surface area contributed by atoms with Crippen LogP contribution in [-0.4, -0.2) is 40.6 Å². The van der Waals surface area contributed by atoms with Gasteiger partial charge in [0.2, 0.25) is 11.7 Å². The number of likely N-dealkylation sites (N-methyl/N-ethyl adjacent to an activating group) is 1. The van der Waals surface area contributed by atoms with Crippen LogP contribution in [0.4, 0.5) is 0 Å². The molecular weight excluding hydrogens is 308 g/mol. The minimum absolute atomic E-state index is 0.0833. The minimum atomic E-state index is -1.77. The summed E-state index contributed by atoms with van der Waals surface area (Å²) >= 11 is -1.77. The third kappa shape index (κ3) is 5.17. The lowest BCUT2D eigenvalue weighted by molar-refractivity contribution is -0.116. The smallest absolute Gasteiger partial charge is 0.271 e. The Morgan fingerprint density at radius 2 is 2.18 bits per heavy atom. The third-order valence-electron chi connectivity index (χ3n) is 2.31. The highest BCUT2D eigenvalue weighted by atomic mass is 32.2. The maximum Gasteiger partial charge on any atom is 0.271 e. The van der Waals surface area contributed by atoms with Crippen molar-refractivity contribution in [2.75, 3.05) is 13.7 Å². The number of nitrogens with zero attached hydrogens (tertiary/aromatic N) is 2. The summed E-state index contributed by atoms with van der Waals surface area (Å²) in [7, 11) is 1.44. The van der Waals surface area contributed by atoms with Crippen molar-refractivity contribution < 1.29 is 18.8 Å². The quantitative estimate of drug-likeness (QED) is 0.390. The number of hydrogen-bond donors (Lipinski definition) is 3. The zero-order valence-electron chi connectivity index (χ0n) is 12.5. The second kappa shape index (κ2) is 8.78. The van der Waals surface area contributed by atoms with Gasteiger partial charge in [-0.3, -0.25) is 4.79 Å². The molecule has 0 aromatic rings. The Hall–Kier alpha value is -2.42. The number of amides is 1. The largest absolute Gasteiger partial charge is 0.506 e. The van der Waals surface area contributed by atoms with Gasteiger partial charge in [0.05, 0.1) is 12.3 Å². The van der Waals surface area contributed by atoms with Gasteiger partial charge in [-0.2, -0.15) is 0 Å². The molecule has 0 saturated heterocycles. The highest BCUT2D eigenvalue weighted by Gasteiger charge is 2.22. The Bertz CT molecular complexity index is 605. The summed E-state index contributed by atoms with van der Waals surface area (Å²) < 4.78 is 24.0. The predicted molar refractivity (Wildman–Crippen MR) is 85.4 cm³/mol. The average Bonchev–Trinajstić information content (AvgIpc) is 2.83. The van der Waals surface area contributed by atoms with Crippen molar-refractivity contribution in [2.24, 2.45) is 8.80 Å². The molecule has 22 heavy (non-hydrogen) atoms. The standard InChI is InChI=1S/C13H18N4O4S/c1-4-6-7-9(10(18)8-11(19)14-3)15-12-13(21-5-2)17-22(20)16-12/h4,6-8,18H,5H2,1-3H3,(H,14,19)(H,15,16)/b6-4-,9-7+,10-8-. The van der Waals surface area contributed by atoms with Gasteiger partial charge in [0.1, 0.15) is 5.76 Å². The first-order chi connectivity index (χ1) is 10.5. The van der Waals surface area contributed by atoms with Crippen molar-refractivity contribution in [2.45, 2.75) is 13.8 Å². The van der Waals surface area contributed by atoms with Crippen LogP contribution in [0, 0.1) is 0 Å². The molecule has 0 aromatic heterocycles. The van der Waals surface area contributed by atoms with E-state index in [0.717, 1.165) is 6.08 Å². The van der Waals surface area contributed by atoms with Crippen LogP contribution in [0.3, 0.4) is 0 Å². The third-order valence-corrected chi connectivity index (χ3v) is 2.97. The van der Waals surface area contributed by atoms with Crippen LogP contribution in [0.2, 0.25) is 0 Å². The summed E-state index contributed by atoms with van der Waals surface area (Å²) in [6.07, 6.45) is 5.93. The van der Waals surface area contributed by atoms with E-state index in [-0.39, 0.29) is 23.2 Å². The second-order valence-electron chi connectivity index (χ2n) is 3.88. The van der Waals surface area contributed by atoms with Crippen LogP contribution in [0.5, 0.6) is 0 Å². The number of amidine groups is 1. The molecule has 8 nitrogen and oxygen atoms in total. The Labute approximate surface area is 131 Å².